The quantitative estimate of drug-likeness (QED) is 0.601. The highest BCUT2D eigenvalue weighted by atomic mass is 19.4. The van der Waals surface area contributed by atoms with Gasteiger partial charge in [0.2, 0.25) is 0 Å². The molecule has 0 heterocycles. The highest BCUT2D eigenvalue weighted by Gasteiger charge is 2.29. The van der Waals surface area contributed by atoms with Crippen molar-refractivity contribution in [3.8, 4) is 23.7 Å². The van der Waals surface area contributed by atoms with Gasteiger partial charge in [-0.1, -0.05) is 11.8 Å². The van der Waals surface area contributed by atoms with Gasteiger partial charge in [-0.25, -0.2) is 0 Å². The van der Waals surface area contributed by atoms with Crippen molar-refractivity contribution in [1.82, 2.24) is 0 Å². The maximum atomic E-state index is 12.3. The van der Waals surface area contributed by atoms with E-state index in [0.717, 1.165) is 12.1 Å². The van der Waals surface area contributed by atoms with Gasteiger partial charge in [-0.05, 0) is 31.2 Å². The van der Waals surface area contributed by atoms with Crippen LogP contribution in [0, 0.1) is 23.7 Å². The number of ether oxygens (including phenoxy) is 1. The summed E-state index contributed by atoms with van der Waals surface area (Å²) in [6.45, 7) is 2.50. The van der Waals surface area contributed by atoms with E-state index in [1.165, 1.54) is 12.1 Å². The summed E-state index contributed by atoms with van der Waals surface area (Å²) in [6.07, 6.45) is -3.66. The van der Waals surface area contributed by atoms with E-state index >= 15 is 0 Å². The summed E-state index contributed by atoms with van der Waals surface area (Å²) in [5, 5.41) is 0. The lowest BCUT2D eigenvalue weighted by Crippen LogP contribution is -2.04. The number of halogens is 3. The molecule has 1 nitrogen and oxygen atoms in total. The number of hydrogen-bond acceptors (Lipinski definition) is 1. The molecule has 0 aliphatic rings. The van der Waals surface area contributed by atoms with Gasteiger partial charge in [-0.3, -0.25) is 0 Å². The second-order valence-electron chi connectivity index (χ2n) is 3.61. The zero-order chi connectivity index (χ0) is 14.1. The van der Waals surface area contributed by atoms with Crippen molar-refractivity contribution in [3.63, 3.8) is 0 Å². The normalized spacial score (nSPS) is 10.1. The standard InChI is InChI=1S/C15H13F3O/c1-2-3-4-11-19-12-5-6-13-7-9-14(10-8-13)15(16,17)18/h7-10H,4,11-12H2,1H3. The lowest BCUT2D eigenvalue weighted by molar-refractivity contribution is -0.137. The maximum Gasteiger partial charge on any atom is 0.416 e. The van der Waals surface area contributed by atoms with Gasteiger partial charge < -0.3 is 4.74 Å². The van der Waals surface area contributed by atoms with Crippen LogP contribution in [0.5, 0.6) is 0 Å². The zero-order valence-corrected chi connectivity index (χ0v) is 10.5. The lowest BCUT2D eigenvalue weighted by Gasteiger charge is -2.05. The Morgan fingerprint density at radius 3 is 2.37 bits per heavy atom. The molecule has 1 rings (SSSR count). The molecule has 0 saturated carbocycles. The van der Waals surface area contributed by atoms with Crippen molar-refractivity contribution in [2.45, 2.75) is 19.5 Å². The molecule has 19 heavy (non-hydrogen) atoms. The lowest BCUT2D eigenvalue weighted by atomic mass is 10.1. The zero-order valence-electron chi connectivity index (χ0n) is 10.5. The van der Waals surface area contributed by atoms with Gasteiger partial charge >= 0.3 is 6.18 Å². The molecular weight excluding hydrogens is 253 g/mol. The Labute approximate surface area is 110 Å². The summed E-state index contributed by atoms with van der Waals surface area (Å²) in [6, 6.07) is 4.72. The summed E-state index contributed by atoms with van der Waals surface area (Å²) in [5.74, 6) is 11.1. The Hall–Kier alpha value is -1.91. The molecule has 0 aromatic heterocycles. The highest BCUT2D eigenvalue weighted by molar-refractivity contribution is 5.36. The molecule has 0 aliphatic carbocycles. The molecule has 0 fully saturated rings. The van der Waals surface area contributed by atoms with Crippen LogP contribution in [0.3, 0.4) is 0 Å². The summed E-state index contributed by atoms with van der Waals surface area (Å²) in [5.41, 5.74) is -0.141. The fourth-order valence-corrected chi connectivity index (χ4v) is 1.25. The van der Waals surface area contributed by atoms with E-state index in [1.54, 1.807) is 6.92 Å². The van der Waals surface area contributed by atoms with E-state index < -0.39 is 11.7 Å². The van der Waals surface area contributed by atoms with Crippen LogP contribution >= 0.6 is 0 Å². The Morgan fingerprint density at radius 2 is 1.79 bits per heavy atom. The molecule has 0 radical (unpaired) electrons. The highest BCUT2D eigenvalue weighted by Crippen LogP contribution is 2.28. The third kappa shape index (κ3) is 5.99. The van der Waals surface area contributed by atoms with Gasteiger partial charge in [-0.2, -0.15) is 13.2 Å². The Bertz CT molecular complexity index is 507. The van der Waals surface area contributed by atoms with E-state index in [2.05, 4.69) is 23.7 Å². The predicted octanol–water partition coefficient (Wildman–Crippen LogP) is 3.49. The predicted molar refractivity (Wildman–Crippen MR) is 67.2 cm³/mol. The molecule has 0 atom stereocenters. The van der Waals surface area contributed by atoms with Crippen molar-refractivity contribution in [2.75, 3.05) is 13.2 Å². The van der Waals surface area contributed by atoms with Gasteiger partial charge in [0.1, 0.15) is 6.61 Å². The average Bonchev–Trinajstić information content (AvgIpc) is 2.37. The van der Waals surface area contributed by atoms with Gasteiger partial charge in [-0.15, -0.1) is 11.8 Å². The van der Waals surface area contributed by atoms with Crippen molar-refractivity contribution in [2.24, 2.45) is 0 Å². The Morgan fingerprint density at radius 1 is 1.11 bits per heavy atom. The smallest absolute Gasteiger partial charge is 0.368 e. The minimum atomic E-state index is -4.31. The maximum absolute atomic E-state index is 12.3. The van der Waals surface area contributed by atoms with Gasteiger partial charge in [0.25, 0.3) is 0 Å². The van der Waals surface area contributed by atoms with Crippen LogP contribution in [0.2, 0.25) is 0 Å². The van der Waals surface area contributed by atoms with Crippen LogP contribution < -0.4 is 0 Å². The second kappa shape index (κ2) is 7.51. The van der Waals surface area contributed by atoms with Crippen molar-refractivity contribution >= 4 is 0 Å². The molecule has 1 aromatic carbocycles. The molecule has 0 bridgehead atoms. The molecule has 0 aliphatic heterocycles. The number of hydrogen-bond donors (Lipinski definition) is 0. The molecule has 0 unspecified atom stereocenters. The molecule has 0 spiro atoms. The number of alkyl halides is 3. The topological polar surface area (TPSA) is 9.23 Å². The van der Waals surface area contributed by atoms with Crippen LogP contribution in [0.4, 0.5) is 13.2 Å². The van der Waals surface area contributed by atoms with E-state index in [9.17, 15) is 13.2 Å². The van der Waals surface area contributed by atoms with Crippen LogP contribution in [0.1, 0.15) is 24.5 Å². The van der Waals surface area contributed by atoms with Crippen molar-refractivity contribution < 1.29 is 17.9 Å². The summed E-state index contributed by atoms with van der Waals surface area (Å²) in [7, 11) is 0. The number of benzene rings is 1. The Balaban J connectivity index is 2.43. The minimum absolute atomic E-state index is 0.242. The fourth-order valence-electron chi connectivity index (χ4n) is 1.25. The minimum Gasteiger partial charge on any atom is -0.368 e. The first kappa shape index (κ1) is 15.1. The first-order valence-corrected chi connectivity index (χ1v) is 5.67. The Kier molecular flexibility index (Phi) is 5.99. The van der Waals surface area contributed by atoms with Crippen molar-refractivity contribution in [3.05, 3.63) is 35.4 Å². The molecule has 4 heteroatoms. The first-order valence-electron chi connectivity index (χ1n) is 5.67. The molecular formula is C15H13F3O. The van der Waals surface area contributed by atoms with E-state index in [-0.39, 0.29) is 6.61 Å². The van der Waals surface area contributed by atoms with Gasteiger partial charge in [0.05, 0.1) is 12.2 Å². The van der Waals surface area contributed by atoms with E-state index in [0.29, 0.717) is 18.6 Å². The van der Waals surface area contributed by atoms with E-state index in [1.807, 2.05) is 0 Å². The monoisotopic (exact) mass is 266 g/mol. The van der Waals surface area contributed by atoms with Crippen molar-refractivity contribution in [1.29, 1.82) is 0 Å². The number of rotatable bonds is 3. The van der Waals surface area contributed by atoms with Crippen LogP contribution in [0.15, 0.2) is 24.3 Å². The van der Waals surface area contributed by atoms with Crippen LogP contribution in [0.25, 0.3) is 0 Å². The van der Waals surface area contributed by atoms with Crippen LogP contribution in [-0.4, -0.2) is 13.2 Å². The van der Waals surface area contributed by atoms with Gasteiger partial charge in [0, 0.05) is 12.0 Å². The first-order chi connectivity index (χ1) is 9.04. The molecule has 0 saturated heterocycles. The largest absolute Gasteiger partial charge is 0.416 e. The third-order valence-corrected chi connectivity index (χ3v) is 2.17. The van der Waals surface area contributed by atoms with Gasteiger partial charge in [0.15, 0.2) is 0 Å². The summed E-state index contributed by atoms with van der Waals surface area (Å²) in [4.78, 5) is 0. The molecule has 0 N–H and O–H groups in total. The third-order valence-electron chi connectivity index (χ3n) is 2.17. The average molecular weight is 266 g/mol. The van der Waals surface area contributed by atoms with Crippen LogP contribution in [-0.2, 0) is 10.9 Å². The summed E-state index contributed by atoms with van der Waals surface area (Å²) < 4.78 is 42.1. The second-order valence-corrected chi connectivity index (χ2v) is 3.61. The fraction of sp³-hybridized carbons (Fsp3) is 0.333. The van der Waals surface area contributed by atoms with E-state index in [4.69, 9.17) is 4.74 Å². The SMILES string of the molecule is CC#CCCOCC#Cc1ccc(C(F)(F)F)cc1. The molecule has 1 aromatic rings. The molecule has 100 valence electrons. The molecule has 0 amide bonds. The summed E-state index contributed by atoms with van der Waals surface area (Å²) >= 11 is 0.